The molecule has 0 heterocycles. The maximum Gasteiger partial charge on any atom is 0.164 e. The summed E-state index contributed by atoms with van der Waals surface area (Å²) in [5, 5.41) is 0.941. The lowest BCUT2D eigenvalue weighted by atomic mass is 10.1. The van der Waals surface area contributed by atoms with Gasteiger partial charge in [-0.1, -0.05) is 36.0 Å². The van der Waals surface area contributed by atoms with Crippen molar-refractivity contribution >= 4 is 22.6 Å². The maximum absolute atomic E-state index is 5.29. The molecular formula is C25H28N2O3S. The SMILES string of the molecule is COc1ccc(CN(Cc2ccc(OC)cc2)C(=Nc2ccc(OC)cc2)SC)cc1. The Kier molecular flexibility index (Phi) is 8.24. The van der Waals surface area contributed by atoms with Crippen molar-refractivity contribution in [2.24, 2.45) is 4.99 Å². The molecule has 3 aromatic carbocycles. The average molecular weight is 437 g/mol. The smallest absolute Gasteiger partial charge is 0.164 e. The summed E-state index contributed by atoms with van der Waals surface area (Å²) >= 11 is 1.63. The third-order valence-electron chi connectivity index (χ3n) is 4.82. The lowest BCUT2D eigenvalue weighted by Crippen LogP contribution is -2.27. The second kappa shape index (κ2) is 11.3. The van der Waals surface area contributed by atoms with E-state index in [1.807, 2.05) is 48.5 Å². The van der Waals surface area contributed by atoms with Crippen molar-refractivity contribution in [2.75, 3.05) is 27.6 Å². The summed E-state index contributed by atoms with van der Waals surface area (Å²) < 4.78 is 15.8. The molecule has 0 N–H and O–H groups in total. The first-order chi connectivity index (χ1) is 15.1. The number of nitrogens with zero attached hydrogens (tertiary/aromatic N) is 2. The molecule has 0 spiro atoms. The largest absolute Gasteiger partial charge is 0.497 e. The van der Waals surface area contributed by atoms with Crippen LogP contribution < -0.4 is 14.2 Å². The van der Waals surface area contributed by atoms with Crippen molar-refractivity contribution in [1.29, 1.82) is 0 Å². The fourth-order valence-electron chi connectivity index (χ4n) is 3.11. The molecule has 3 rings (SSSR count). The van der Waals surface area contributed by atoms with Gasteiger partial charge in [-0.25, -0.2) is 4.99 Å². The molecule has 0 bridgehead atoms. The number of hydrogen-bond donors (Lipinski definition) is 0. The summed E-state index contributed by atoms with van der Waals surface area (Å²) in [6, 6.07) is 24.1. The molecule has 0 aliphatic rings. The van der Waals surface area contributed by atoms with E-state index in [-0.39, 0.29) is 0 Å². The Morgan fingerprint density at radius 2 is 1.06 bits per heavy atom. The minimum absolute atomic E-state index is 0.728. The van der Waals surface area contributed by atoms with Crippen molar-refractivity contribution in [3.63, 3.8) is 0 Å². The Morgan fingerprint density at radius 3 is 1.42 bits per heavy atom. The predicted octanol–water partition coefficient (Wildman–Crippen LogP) is 5.77. The van der Waals surface area contributed by atoms with Crippen LogP contribution in [0.1, 0.15) is 11.1 Å². The predicted molar refractivity (Wildman–Crippen MR) is 129 cm³/mol. The molecule has 31 heavy (non-hydrogen) atoms. The Morgan fingerprint density at radius 1 is 0.677 bits per heavy atom. The summed E-state index contributed by atoms with van der Waals surface area (Å²) in [6.07, 6.45) is 2.05. The van der Waals surface area contributed by atoms with Gasteiger partial charge in [-0.05, 0) is 65.9 Å². The summed E-state index contributed by atoms with van der Waals surface area (Å²) in [4.78, 5) is 7.19. The molecule has 162 valence electrons. The molecule has 0 aliphatic carbocycles. The van der Waals surface area contributed by atoms with Crippen molar-refractivity contribution in [3.8, 4) is 17.2 Å². The average Bonchev–Trinajstić information content (AvgIpc) is 2.83. The number of ether oxygens (including phenoxy) is 3. The highest BCUT2D eigenvalue weighted by Gasteiger charge is 2.13. The molecule has 0 atom stereocenters. The Bertz CT molecular complexity index is 922. The molecule has 0 unspecified atom stereocenters. The fourth-order valence-corrected chi connectivity index (χ4v) is 3.69. The number of benzene rings is 3. The van der Waals surface area contributed by atoms with Crippen molar-refractivity contribution in [1.82, 2.24) is 4.90 Å². The zero-order valence-electron chi connectivity index (χ0n) is 18.4. The molecule has 0 saturated heterocycles. The molecule has 5 nitrogen and oxygen atoms in total. The van der Waals surface area contributed by atoms with Crippen LogP contribution in [-0.4, -0.2) is 37.7 Å². The molecule has 6 heteroatoms. The van der Waals surface area contributed by atoms with Gasteiger partial charge in [0.1, 0.15) is 17.2 Å². The second-order valence-electron chi connectivity index (χ2n) is 6.85. The number of thioether (sulfide) groups is 1. The standard InChI is InChI=1S/C25H28N2O3S/c1-28-22-11-5-19(6-12-22)17-27(18-20-7-13-23(29-2)14-8-20)25(31-4)26-21-9-15-24(30-3)16-10-21/h5-16H,17-18H2,1-4H3. The minimum atomic E-state index is 0.728. The maximum atomic E-state index is 5.29. The third kappa shape index (κ3) is 6.43. The number of amidine groups is 1. The van der Waals surface area contributed by atoms with Crippen LogP contribution in [0.5, 0.6) is 17.2 Å². The van der Waals surface area contributed by atoms with Crippen LogP contribution in [0.15, 0.2) is 77.8 Å². The van der Waals surface area contributed by atoms with Crippen molar-refractivity contribution in [3.05, 3.63) is 83.9 Å². The van der Waals surface area contributed by atoms with Crippen LogP contribution in [0.2, 0.25) is 0 Å². The normalized spacial score (nSPS) is 11.2. The molecule has 0 aromatic heterocycles. The van der Waals surface area contributed by atoms with Crippen LogP contribution in [0.3, 0.4) is 0 Å². The van der Waals surface area contributed by atoms with Crippen molar-refractivity contribution < 1.29 is 14.2 Å². The van der Waals surface area contributed by atoms with Gasteiger partial charge < -0.3 is 19.1 Å². The van der Waals surface area contributed by atoms with Crippen LogP contribution in [0.25, 0.3) is 0 Å². The summed E-state index contributed by atoms with van der Waals surface area (Å²) in [5.41, 5.74) is 3.26. The van der Waals surface area contributed by atoms with E-state index < -0.39 is 0 Å². The molecule has 0 aliphatic heterocycles. The molecular weight excluding hydrogens is 408 g/mol. The highest BCUT2D eigenvalue weighted by atomic mass is 32.2. The Hall–Kier alpha value is -3.12. The first-order valence-corrected chi connectivity index (χ1v) is 11.1. The van der Waals surface area contributed by atoms with Crippen LogP contribution in [0, 0.1) is 0 Å². The number of aliphatic imine (C=N–C) groups is 1. The highest BCUT2D eigenvalue weighted by molar-refractivity contribution is 8.13. The fraction of sp³-hybridized carbons (Fsp3) is 0.240. The van der Waals surface area contributed by atoms with Gasteiger partial charge in [0.2, 0.25) is 0 Å². The quantitative estimate of drug-likeness (QED) is 0.331. The van der Waals surface area contributed by atoms with E-state index in [1.165, 1.54) is 11.1 Å². The van der Waals surface area contributed by atoms with E-state index in [0.717, 1.165) is 41.2 Å². The van der Waals surface area contributed by atoms with Gasteiger partial charge in [0.05, 0.1) is 27.0 Å². The Labute approximate surface area is 188 Å². The summed E-state index contributed by atoms with van der Waals surface area (Å²) in [6.45, 7) is 1.46. The Balaban J connectivity index is 1.89. The van der Waals surface area contributed by atoms with E-state index in [4.69, 9.17) is 19.2 Å². The third-order valence-corrected chi connectivity index (χ3v) is 5.53. The zero-order valence-corrected chi connectivity index (χ0v) is 19.2. The van der Waals surface area contributed by atoms with Gasteiger partial charge in [0.15, 0.2) is 5.17 Å². The van der Waals surface area contributed by atoms with Crippen LogP contribution in [-0.2, 0) is 13.1 Å². The van der Waals surface area contributed by atoms with Gasteiger partial charge in [-0.15, -0.1) is 0 Å². The lowest BCUT2D eigenvalue weighted by molar-refractivity contribution is 0.405. The summed E-state index contributed by atoms with van der Waals surface area (Å²) in [7, 11) is 5.02. The van der Waals surface area contributed by atoms with E-state index in [2.05, 4.69) is 35.4 Å². The number of methoxy groups -OCH3 is 3. The van der Waals surface area contributed by atoms with E-state index in [1.54, 1.807) is 33.1 Å². The van der Waals surface area contributed by atoms with E-state index >= 15 is 0 Å². The van der Waals surface area contributed by atoms with Gasteiger partial charge in [0, 0.05) is 13.1 Å². The molecule has 0 amide bonds. The van der Waals surface area contributed by atoms with Gasteiger partial charge >= 0.3 is 0 Å². The van der Waals surface area contributed by atoms with Crippen LogP contribution in [0.4, 0.5) is 5.69 Å². The number of hydrogen-bond acceptors (Lipinski definition) is 5. The monoisotopic (exact) mass is 436 g/mol. The molecule has 0 fully saturated rings. The zero-order chi connectivity index (χ0) is 22.1. The lowest BCUT2D eigenvalue weighted by Gasteiger charge is -2.26. The van der Waals surface area contributed by atoms with E-state index in [9.17, 15) is 0 Å². The molecule has 3 aromatic rings. The van der Waals surface area contributed by atoms with Crippen molar-refractivity contribution in [2.45, 2.75) is 13.1 Å². The summed E-state index contributed by atoms with van der Waals surface area (Å²) in [5.74, 6) is 2.52. The molecule has 0 radical (unpaired) electrons. The van der Waals surface area contributed by atoms with E-state index in [0.29, 0.717) is 0 Å². The molecule has 0 saturated carbocycles. The number of rotatable bonds is 8. The second-order valence-corrected chi connectivity index (χ2v) is 7.62. The highest BCUT2D eigenvalue weighted by Crippen LogP contribution is 2.23. The minimum Gasteiger partial charge on any atom is -0.497 e. The van der Waals surface area contributed by atoms with Gasteiger partial charge in [-0.3, -0.25) is 0 Å². The first-order valence-electron chi connectivity index (χ1n) is 9.92. The van der Waals surface area contributed by atoms with Gasteiger partial charge in [-0.2, -0.15) is 0 Å². The topological polar surface area (TPSA) is 43.3 Å². The van der Waals surface area contributed by atoms with Gasteiger partial charge in [0.25, 0.3) is 0 Å². The van der Waals surface area contributed by atoms with Crippen LogP contribution >= 0.6 is 11.8 Å². The first kappa shape index (κ1) is 22.6.